The molecule has 1 aliphatic rings. The molecule has 0 bridgehead atoms. The lowest BCUT2D eigenvalue weighted by molar-refractivity contribution is 0.0984. The number of aromatic nitrogens is 1. The molecule has 24 heavy (non-hydrogen) atoms. The van der Waals surface area contributed by atoms with Gasteiger partial charge in [0.2, 0.25) is 0 Å². The van der Waals surface area contributed by atoms with Gasteiger partial charge in [-0.05, 0) is 55.7 Å². The molecular weight excluding hydrogens is 320 g/mol. The monoisotopic (exact) mass is 336 g/mol. The molecule has 4 rings (SSSR count). The molecule has 1 amide bonds. The van der Waals surface area contributed by atoms with Crippen molar-refractivity contribution in [2.45, 2.75) is 19.8 Å². The Morgan fingerprint density at radius 1 is 1.17 bits per heavy atom. The van der Waals surface area contributed by atoms with Crippen LogP contribution in [0.15, 0.2) is 48.5 Å². The first kappa shape index (κ1) is 15.2. The number of fused-ring (bicyclic) bond motifs is 2. The first-order valence-corrected chi connectivity index (χ1v) is 8.48. The van der Waals surface area contributed by atoms with Crippen LogP contribution >= 0.6 is 11.6 Å². The number of pyridine rings is 1. The van der Waals surface area contributed by atoms with Crippen molar-refractivity contribution in [1.29, 1.82) is 0 Å². The van der Waals surface area contributed by atoms with Gasteiger partial charge in [0, 0.05) is 22.6 Å². The molecule has 4 heteroatoms. The summed E-state index contributed by atoms with van der Waals surface area (Å²) in [4.78, 5) is 19.6. The minimum Gasteiger partial charge on any atom is -0.308 e. The molecule has 0 N–H and O–H groups in total. The molecule has 3 nitrogen and oxygen atoms in total. The summed E-state index contributed by atoms with van der Waals surface area (Å²) in [5.41, 5.74) is 4.48. The highest BCUT2D eigenvalue weighted by atomic mass is 35.5. The topological polar surface area (TPSA) is 33.2 Å². The van der Waals surface area contributed by atoms with Gasteiger partial charge in [-0.15, -0.1) is 0 Å². The molecule has 0 radical (unpaired) electrons. The summed E-state index contributed by atoms with van der Waals surface area (Å²) in [7, 11) is 0. The third-order valence-electron chi connectivity index (χ3n) is 4.55. The number of carbonyl (C=O) groups excluding carboxylic acids is 1. The quantitative estimate of drug-likeness (QED) is 0.640. The van der Waals surface area contributed by atoms with E-state index in [2.05, 4.69) is 11.1 Å². The fourth-order valence-electron chi connectivity index (χ4n) is 3.35. The zero-order valence-corrected chi connectivity index (χ0v) is 14.2. The average molecular weight is 337 g/mol. The second kappa shape index (κ2) is 5.91. The van der Waals surface area contributed by atoms with E-state index in [1.54, 1.807) is 0 Å². The van der Waals surface area contributed by atoms with Crippen molar-refractivity contribution in [3.8, 4) is 0 Å². The van der Waals surface area contributed by atoms with Crippen molar-refractivity contribution in [2.75, 3.05) is 11.4 Å². The fraction of sp³-hybridized carbons (Fsp3) is 0.200. The Morgan fingerprint density at radius 2 is 2.00 bits per heavy atom. The first-order valence-electron chi connectivity index (χ1n) is 8.10. The van der Waals surface area contributed by atoms with Gasteiger partial charge in [0.15, 0.2) is 0 Å². The highest BCUT2D eigenvalue weighted by Crippen LogP contribution is 2.29. The molecule has 0 unspecified atom stereocenters. The summed E-state index contributed by atoms with van der Waals surface area (Å²) < 4.78 is 0. The van der Waals surface area contributed by atoms with Crippen LogP contribution in [0.4, 0.5) is 5.69 Å². The normalized spacial score (nSPS) is 13.8. The zero-order chi connectivity index (χ0) is 16.7. The van der Waals surface area contributed by atoms with Crippen molar-refractivity contribution in [1.82, 2.24) is 4.98 Å². The van der Waals surface area contributed by atoms with Crippen LogP contribution in [-0.2, 0) is 6.42 Å². The van der Waals surface area contributed by atoms with E-state index in [4.69, 9.17) is 11.6 Å². The molecule has 2 heterocycles. The molecule has 1 aliphatic heterocycles. The first-order chi connectivity index (χ1) is 11.6. The van der Waals surface area contributed by atoms with E-state index in [0.29, 0.717) is 10.6 Å². The number of rotatable bonds is 1. The van der Waals surface area contributed by atoms with Gasteiger partial charge in [-0.3, -0.25) is 9.78 Å². The number of hydrogen-bond donors (Lipinski definition) is 0. The van der Waals surface area contributed by atoms with Gasteiger partial charge < -0.3 is 4.90 Å². The van der Waals surface area contributed by atoms with Gasteiger partial charge in [-0.2, -0.15) is 0 Å². The Morgan fingerprint density at radius 3 is 2.88 bits per heavy atom. The molecule has 0 aliphatic carbocycles. The average Bonchev–Trinajstić information content (AvgIpc) is 2.60. The summed E-state index contributed by atoms with van der Waals surface area (Å²) in [5, 5.41) is 1.54. The summed E-state index contributed by atoms with van der Waals surface area (Å²) in [5.74, 6) is 0.00836. The Kier molecular flexibility index (Phi) is 3.73. The standard InChI is InChI=1S/C20H17ClN2O/c1-13-17(12-15-11-16(21)8-9-18(15)22-13)20(24)23-10-4-6-14-5-2-3-7-19(14)23/h2-3,5,7-9,11-12H,4,6,10H2,1H3. The van der Waals surface area contributed by atoms with Gasteiger partial charge in [0.1, 0.15) is 0 Å². The molecular formula is C20H17ClN2O. The fourth-order valence-corrected chi connectivity index (χ4v) is 3.53. The number of hydrogen-bond acceptors (Lipinski definition) is 2. The Balaban J connectivity index is 1.80. The van der Waals surface area contributed by atoms with Crippen molar-refractivity contribution in [2.24, 2.45) is 0 Å². The molecule has 0 fully saturated rings. The molecule has 0 saturated heterocycles. The number of benzene rings is 2. The number of carbonyl (C=O) groups is 1. The van der Waals surface area contributed by atoms with Gasteiger partial charge in [-0.1, -0.05) is 29.8 Å². The smallest absolute Gasteiger partial charge is 0.260 e. The SMILES string of the molecule is Cc1nc2ccc(Cl)cc2cc1C(=O)N1CCCc2ccccc21. The van der Waals surface area contributed by atoms with Crippen LogP contribution < -0.4 is 4.90 Å². The van der Waals surface area contributed by atoms with E-state index >= 15 is 0 Å². The van der Waals surface area contributed by atoms with E-state index < -0.39 is 0 Å². The van der Waals surface area contributed by atoms with Gasteiger partial charge in [-0.25, -0.2) is 0 Å². The molecule has 3 aromatic rings. The van der Waals surface area contributed by atoms with Crippen LogP contribution in [-0.4, -0.2) is 17.4 Å². The molecule has 120 valence electrons. The van der Waals surface area contributed by atoms with E-state index in [1.807, 2.05) is 54.3 Å². The Labute approximate surface area is 145 Å². The predicted octanol–water partition coefficient (Wildman–Crippen LogP) is 4.79. The van der Waals surface area contributed by atoms with Crippen LogP contribution in [0.5, 0.6) is 0 Å². The second-order valence-corrected chi connectivity index (χ2v) is 6.58. The molecule has 1 aromatic heterocycles. The molecule has 0 saturated carbocycles. The highest BCUT2D eigenvalue weighted by molar-refractivity contribution is 6.31. The number of amides is 1. The number of nitrogens with zero attached hydrogens (tertiary/aromatic N) is 2. The largest absolute Gasteiger partial charge is 0.308 e. The minimum absolute atomic E-state index is 0.00836. The van der Waals surface area contributed by atoms with Crippen LogP contribution in [0, 0.1) is 6.92 Å². The van der Waals surface area contributed by atoms with E-state index in [9.17, 15) is 4.79 Å². The minimum atomic E-state index is 0.00836. The maximum absolute atomic E-state index is 13.2. The van der Waals surface area contributed by atoms with Crippen molar-refractivity contribution in [3.63, 3.8) is 0 Å². The van der Waals surface area contributed by atoms with Crippen molar-refractivity contribution >= 4 is 34.1 Å². The number of halogens is 1. The van der Waals surface area contributed by atoms with Gasteiger partial charge >= 0.3 is 0 Å². The third kappa shape index (κ3) is 2.55. The van der Waals surface area contributed by atoms with Crippen molar-refractivity contribution < 1.29 is 4.79 Å². The molecule has 2 aromatic carbocycles. The van der Waals surface area contributed by atoms with E-state index in [-0.39, 0.29) is 5.91 Å². The van der Waals surface area contributed by atoms with E-state index in [1.165, 1.54) is 5.56 Å². The molecule has 0 atom stereocenters. The lowest BCUT2D eigenvalue weighted by Gasteiger charge is -2.29. The number of para-hydroxylation sites is 1. The summed E-state index contributed by atoms with van der Waals surface area (Å²) >= 11 is 6.08. The van der Waals surface area contributed by atoms with E-state index in [0.717, 1.165) is 41.7 Å². The maximum Gasteiger partial charge on any atom is 0.260 e. The number of anilines is 1. The van der Waals surface area contributed by atoms with Crippen molar-refractivity contribution in [3.05, 3.63) is 70.4 Å². The zero-order valence-electron chi connectivity index (χ0n) is 13.4. The second-order valence-electron chi connectivity index (χ2n) is 6.15. The summed E-state index contributed by atoms with van der Waals surface area (Å²) in [6.07, 6.45) is 2.00. The Hall–Kier alpha value is -2.39. The van der Waals surface area contributed by atoms with Crippen LogP contribution in [0.3, 0.4) is 0 Å². The summed E-state index contributed by atoms with van der Waals surface area (Å²) in [6.45, 7) is 2.63. The molecule has 0 spiro atoms. The third-order valence-corrected chi connectivity index (χ3v) is 4.79. The van der Waals surface area contributed by atoms with Gasteiger partial charge in [0.25, 0.3) is 5.91 Å². The highest BCUT2D eigenvalue weighted by Gasteiger charge is 2.25. The van der Waals surface area contributed by atoms with Crippen LogP contribution in [0.2, 0.25) is 5.02 Å². The maximum atomic E-state index is 13.2. The Bertz CT molecular complexity index is 952. The lowest BCUT2D eigenvalue weighted by atomic mass is 10.00. The van der Waals surface area contributed by atoms with Gasteiger partial charge in [0.05, 0.1) is 16.8 Å². The number of aryl methyl sites for hydroxylation is 2. The lowest BCUT2D eigenvalue weighted by Crippen LogP contribution is -2.36. The van der Waals surface area contributed by atoms with Crippen LogP contribution in [0.25, 0.3) is 10.9 Å². The predicted molar refractivity (Wildman–Crippen MR) is 97.9 cm³/mol. The van der Waals surface area contributed by atoms with Crippen LogP contribution in [0.1, 0.15) is 28.0 Å². The summed E-state index contributed by atoms with van der Waals surface area (Å²) in [6, 6.07) is 15.6.